The average Bonchev–Trinajstić information content (AvgIpc) is 2.92. The molecule has 0 fully saturated rings. The third-order valence-electron chi connectivity index (χ3n) is 3.74. The monoisotopic (exact) mass is 304 g/mol. The molecule has 21 heavy (non-hydrogen) atoms. The topological polar surface area (TPSA) is 66.6 Å². The Labute approximate surface area is 126 Å². The molecule has 1 aliphatic heterocycles. The normalized spacial score (nSPS) is 15.6. The van der Waals surface area contributed by atoms with E-state index < -0.39 is 6.10 Å². The number of fused-ring (bicyclic) bond motifs is 1. The van der Waals surface area contributed by atoms with Crippen LogP contribution < -0.4 is 4.90 Å². The molecule has 1 aromatic carbocycles. The maximum atomic E-state index is 11.2. The van der Waals surface area contributed by atoms with Gasteiger partial charge in [-0.25, -0.2) is 0 Å². The van der Waals surface area contributed by atoms with Crippen LogP contribution in [0.25, 0.3) is 0 Å². The third kappa shape index (κ3) is 2.64. The predicted octanol–water partition coefficient (Wildman–Crippen LogP) is 3.27. The van der Waals surface area contributed by atoms with E-state index in [-0.39, 0.29) is 10.6 Å². The summed E-state index contributed by atoms with van der Waals surface area (Å²) < 4.78 is 0. The van der Waals surface area contributed by atoms with E-state index in [0.717, 1.165) is 13.0 Å². The Morgan fingerprint density at radius 2 is 2.10 bits per heavy atom. The van der Waals surface area contributed by atoms with Gasteiger partial charge in [0, 0.05) is 24.0 Å². The van der Waals surface area contributed by atoms with Gasteiger partial charge in [-0.3, -0.25) is 10.1 Å². The van der Waals surface area contributed by atoms with Crippen LogP contribution in [0.5, 0.6) is 0 Å². The van der Waals surface area contributed by atoms with Crippen molar-refractivity contribution in [3.8, 4) is 0 Å². The molecule has 0 spiro atoms. The zero-order chi connectivity index (χ0) is 15.0. The van der Waals surface area contributed by atoms with Crippen LogP contribution in [-0.2, 0) is 13.0 Å². The van der Waals surface area contributed by atoms with Gasteiger partial charge in [-0.2, -0.15) is 0 Å². The first-order valence-corrected chi connectivity index (χ1v) is 7.66. The number of hydrogen-bond donors (Lipinski definition) is 1. The highest BCUT2D eigenvalue weighted by Gasteiger charge is 2.27. The number of hydrogen-bond acceptors (Lipinski definition) is 5. The van der Waals surface area contributed by atoms with E-state index in [4.69, 9.17) is 0 Å². The van der Waals surface area contributed by atoms with E-state index in [1.807, 2.05) is 17.0 Å². The molecule has 3 rings (SSSR count). The van der Waals surface area contributed by atoms with Crippen molar-refractivity contribution in [2.45, 2.75) is 26.0 Å². The molecule has 0 saturated carbocycles. The van der Waals surface area contributed by atoms with Gasteiger partial charge in [-0.1, -0.05) is 24.3 Å². The molecule has 1 atom stereocenters. The van der Waals surface area contributed by atoms with Crippen molar-refractivity contribution in [1.82, 2.24) is 0 Å². The molecular formula is C15H16N2O3S. The van der Waals surface area contributed by atoms with Gasteiger partial charge in [-0.15, -0.1) is 11.3 Å². The summed E-state index contributed by atoms with van der Waals surface area (Å²) in [5.74, 6) is 0. The predicted molar refractivity (Wildman–Crippen MR) is 82.8 cm³/mol. The number of nitrogens with zero attached hydrogens (tertiary/aromatic N) is 2. The van der Waals surface area contributed by atoms with Crippen molar-refractivity contribution in [3.05, 3.63) is 56.5 Å². The number of aliphatic hydroxyl groups is 1. The van der Waals surface area contributed by atoms with Crippen LogP contribution in [0.15, 0.2) is 30.3 Å². The summed E-state index contributed by atoms with van der Waals surface area (Å²) in [6.45, 7) is 3.07. The Morgan fingerprint density at radius 1 is 1.38 bits per heavy atom. The van der Waals surface area contributed by atoms with Gasteiger partial charge in [0.25, 0.3) is 0 Å². The summed E-state index contributed by atoms with van der Waals surface area (Å²) >= 11 is 1.31. The largest absolute Gasteiger partial charge is 0.388 e. The second-order valence-corrected chi connectivity index (χ2v) is 6.27. The van der Waals surface area contributed by atoms with E-state index in [2.05, 4.69) is 12.1 Å². The van der Waals surface area contributed by atoms with Gasteiger partial charge in [0.05, 0.1) is 11.0 Å². The fourth-order valence-electron chi connectivity index (χ4n) is 2.62. The molecule has 2 aromatic rings. The summed E-state index contributed by atoms with van der Waals surface area (Å²) in [6, 6.07) is 9.68. The highest BCUT2D eigenvalue weighted by Crippen LogP contribution is 2.41. The van der Waals surface area contributed by atoms with E-state index in [1.54, 1.807) is 6.92 Å². The van der Waals surface area contributed by atoms with Crippen molar-refractivity contribution in [3.63, 3.8) is 0 Å². The van der Waals surface area contributed by atoms with Crippen LogP contribution >= 0.6 is 11.3 Å². The summed E-state index contributed by atoms with van der Waals surface area (Å²) in [7, 11) is 0. The molecular weight excluding hydrogens is 288 g/mol. The molecule has 0 aliphatic carbocycles. The van der Waals surface area contributed by atoms with Crippen LogP contribution in [-0.4, -0.2) is 16.6 Å². The minimum atomic E-state index is -0.681. The smallest absolute Gasteiger partial charge is 0.304 e. The first-order valence-electron chi connectivity index (χ1n) is 6.84. The van der Waals surface area contributed by atoms with Crippen molar-refractivity contribution in [2.24, 2.45) is 0 Å². The van der Waals surface area contributed by atoms with Gasteiger partial charge >= 0.3 is 5.69 Å². The Hall–Kier alpha value is -1.92. The standard InChI is InChI=1S/C15H16N2O3S/c1-10(18)14-8-13(17(19)20)15(21-14)16-7-6-11-4-2-3-5-12(11)9-16/h2-5,8,10,18H,6-7,9H2,1H3/t10-/m1/s1. The number of benzene rings is 1. The Kier molecular flexibility index (Phi) is 3.65. The molecule has 0 saturated heterocycles. The Bertz CT molecular complexity index is 681. The molecule has 110 valence electrons. The Morgan fingerprint density at radius 3 is 2.76 bits per heavy atom. The van der Waals surface area contributed by atoms with Crippen molar-refractivity contribution < 1.29 is 10.0 Å². The lowest BCUT2D eigenvalue weighted by atomic mass is 10.0. The van der Waals surface area contributed by atoms with Gasteiger partial charge < -0.3 is 10.0 Å². The van der Waals surface area contributed by atoms with E-state index in [9.17, 15) is 15.2 Å². The SMILES string of the molecule is C[C@@H](O)c1cc([N+](=O)[O-])c(N2CCc3ccccc3C2)s1. The van der Waals surface area contributed by atoms with E-state index >= 15 is 0 Å². The van der Waals surface area contributed by atoms with E-state index in [1.165, 1.54) is 28.5 Å². The van der Waals surface area contributed by atoms with Crippen molar-refractivity contribution in [1.29, 1.82) is 0 Å². The zero-order valence-electron chi connectivity index (χ0n) is 11.7. The van der Waals surface area contributed by atoms with Crippen LogP contribution in [0.3, 0.4) is 0 Å². The van der Waals surface area contributed by atoms with Gasteiger partial charge in [0.15, 0.2) is 5.00 Å². The number of anilines is 1. The van der Waals surface area contributed by atoms with Gasteiger partial charge in [-0.05, 0) is 24.5 Å². The molecule has 5 nitrogen and oxygen atoms in total. The van der Waals surface area contributed by atoms with Crippen molar-refractivity contribution >= 4 is 22.0 Å². The maximum absolute atomic E-state index is 11.2. The first kappa shape index (κ1) is 14.0. The molecule has 0 bridgehead atoms. The molecule has 1 aliphatic rings. The molecule has 0 radical (unpaired) electrons. The molecule has 0 amide bonds. The van der Waals surface area contributed by atoms with E-state index in [0.29, 0.717) is 16.4 Å². The summed E-state index contributed by atoms with van der Waals surface area (Å²) in [5.41, 5.74) is 2.61. The molecule has 2 heterocycles. The molecule has 1 aromatic heterocycles. The van der Waals surface area contributed by atoms with Crippen LogP contribution in [0.2, 0.25) is 0 Å². The summed E-state index contributed by atoms with van der Waals surface area (Å²) in [4.78, 5) is 13.6. The average molecular weight is 304 g/mol. The molecule has 0 unspecified atom stereocenters. The Balaban J connectivity index is 1.96. The fourth-order valence-corrected chi connectivity index (χ4v) is 3.71. The molecule has 1 N–H and O–H groups in total. The zero-order valence-corrected chi connectivity index (χ0v) is 12.5. The highest BCUT2D eigenvalue weighted by atomic mass is 32.1. The van der Waals surface area contributed by atoms with Crippen LogP contribution in [0, 0.1) is 10.1 Å². The highest BCUT2D eigenvalue weighted by molar-refractivity contribution is 7.16. The van der Waals surface area contributed by atoms with Crippen LogP contribution in [0.4, 0.5) is 10.7 Å². The second kappa shape index (κ2) is 5.46. The lowest BCUT2D eigenvalue weighted by molar-refractivity contribution is -0.383. The van der Waals surface area contributed by atoms with Crippen molar-refractivity contribution in [2.75, 3.05) is 11.4 Å². The number of rotatable bonds is 3. The summed E-state index contributed by atoms with van der Waals surface area (Å²) in [5, 5.41) is 21.6. The molecule has 6 heteroatoms. The fraction of sp³-hybridized carbons (Fsp3) is 0.333. The lowest BCUT2D eigenvalue weighted by Crippen LogP contribution is -2.30. The third-order valence-corrected chi connectivity index (χ3v) is 5.09. The van der Waals surface area contributed by atoms with Crippen LogP contribution in [0.1, 0.15) is 29.0 Å². The first-order chi connectivity index (χ1) is 10.1. The van der Waals surface area contributed by atoms with Gasteiger partial charge in [0.1, 0.15) is 0 Å². The number of nitro groups is 1. The quantitative estimate of drug-likeness (QED) is 0.698. The maximum Gasteiger partial charge on any atom is 0.304 e. The number of aliphatic hydroxyl groups excluding tert-OH is 1. The number of thiophene rings is 1. The second-order valence-electron chi connectivity index (χ2n) is 5.21. The minimum absolute atomic E-state index is 0.0929. The lowest BCUT2D eigenvalue weighted by Gasteiger charge is -2.28. The minimum Gasteiger partial charge on any atom is -0.388 e. The van der Waals surface area contributed by atoms with Gasteiger partial charge in [0.2, 0.25) is 0 Å². The summed E-state index contributed by atoms with van der Waals surface area (Å²) in [6.07, 6.45) is 0.203.